The molecule has 4 rings (SSSR count). The van der Waals surface area contributed by atoms with Gasteiger partial charge in [0.1, 0.15) is 11.3 Å². The van der Waals surface area contributed by atoms with Crippen LogP contribution in [-0.4, -0.2) is 14.5 Å². The summed E-state index contributed by atoms with van der Waals surface area (Å²) < 4.78 is 2.17. The Kier molecular flexibility index (Phi) is 5.40. The highest BCUT2D eigenvalue weighted by Crippen LogP contribution is 2.29. The topological polar surface area (TPSA) is 103 Å². The lowest BCUT2D eigenvalue weighted by atomic mass is 9.98. The molecular formula is C24H21N7. The minimum atomic E-state index is 0.481. The first-order valence-corrected chi connectivity index (χ1v) is 10.1. The van der Waals surface area contributed by atoms with Gasteiger partial charge in [-0.15, -0.1) is 0 Å². The van der Waals surface area contributed by atoms with Crippen LogP contribution in [0.1, 0.15) is 35.1 Å². The summed E-state index contributed by atoms with van der Waals surface area (Å²) in [5.41, 5.74) is 16.4. The SMILES string of the molecule is CCc1nc2c(C)cc(C)nc2n1Cc1ccc(-c2cc(N=[N+]=[N-])ccc2C#N)cc1. The minimum Gasteiger partial charge on any atom is -0.308 e. The normalized spacial score (nSPS) is 10.6. The number of benzene rings is 2. The number of pyridine rings is 1. The van der Waals surface area contributed by atoms with E-state index >= 15 is 0 Å². The number of rotatable bonds is 5. The highest BCUT2D eigenvalue weighted by atomic mass is 15.1. The monoisotopic (exact) mass is 407 g/mol. The summed E-state index contributed by atoms with van der Waals surface area (Å²) >= 11 is 0. The standard InChI is InChI=1S/C24H21N7/c1-4-22-28-23-15(2)11-16(3)27-24(23)31(22)14-17-5-7-18(8-6-17)21-12-20(29-30-26)10-9-19(21)13-25/h5-12H,4,14H2,1-3H3. The predicted molar refractivity (Wildman–Crippen MR) is 121 cm³/mol. The van der Waals surface area contributed by atoms with E-state index in [-0.39, 0.29) is 0 Å². The fourth-order valence-electron chi connectivity index (χ4n) is 3.84. The first-order chi connectivity index (χ1) is 15.0. The third-order valence-corrected chi connectivity index (χ3v) is 5.31. The first-order valence-electron chi connectivity index (χ1n) is 10.1. The van der Waals surface area contributed by atoms with Gasteiger partial charge < -0.3 is 4.57 Å². The van der Waals surface area contributed by atoms with E-state index in [0.29, 0.717) is 17.8 Å². The molecule has 0 aliphatic heterocycles. The van der Waals surface area contributed by atoms with Crippen LogP contribution in [0.4, 0.5) is 5.69 Å². The zero-order valence-electron chi connectivity index (χ0n) is 17.7. The van der Waals surface area contributed by atoms with Gasteiger partial charge in [0.2, 0.25) is 0 Å². The summed E-state index contributed by atoms with van der Waals surface area (Å²) in [6.45, 7) is 6.84. The van der Waals surface area contributed by atoms with E-state index in [1.54, 1.807) is 18.2 Å². The number of nitrogens with zero attached hydrogens (tertiary/aromatic N) is 7. The number of nitriles is 1. The summed E-state index contributed by atoms with van der Waals surface area (Å²) in [5.74, 6) is 1.01. The van der Waals surface area contributed by atoms with Crippen molar-refractivity contribution in [3.8, 4) is 17.2 Å². The second-order valence-electron chi connectivity index (χ2n) is 7.45. The van der Waals surface area contributed by atoms with Crippen molar-refractivity contribution in [2.24, 2.45) is 5.11 Å². The van der Waals surface area contributed by atoms with Gasteiger partial charge in [-0.1, -0.05) is 42.4 Å². The molecule has 7 heteroatoms. The Balaban J connectivity index is 1.72. The molecule has 0 N–H and O–H groups in total. The van der Waals surface area contributed by atoms with E-state index < -0.39 is 0 Å². The molecule has 0 amide bonds. The summed E-state index contributed by atoms with van der Waals surface area (Å²) in [4.78, 5) is 12.4. The number of aromatic nitrogens is 3. The zero-order chi connectivity index (χ0) is 22.0. The van der Waals surface area contributed by atoms with Crippen molar-refractivity contribution >= 4 is 16.9 Å². The van der Waals surface area contributed by atoms with Gasteiger partial charge in [0, 0.05) is 22.7 Å². The van der Waals surface area contributed by atoms with E-state index in [0.717, 1.165) is 51.4 Å². The van der Waals surface area contributed by atoms with Crippen LogP contribution < -0.4 is 0 Å². The molecule has 2 aromatic heterocycles. The number of azide groups is 1. The number of fused-ring (bicyclic) bond motifs is 1. The van der Waals surface area contributed by atoms with Crippen LogP contribution >= 0.6 is 0 Å². The second-order valence-corrected chi connectivity index (χ2v) is 7.45. The molecule has 0 radical (unpaired) electrons. The lowest BCUT2D eigenvalue weighted by Gasteiger charge is -2.10. The highest BCUT2D eigenvalue weighted by molar-refractivity contribution is 5.76. The molecule has 2 aromatic carbocycles. The smallest absolute Gasteiger partial charge is 0.160 e. The van der Waals surface area contributed by atoms with Crippen molar-refractivity contribution in [2.45, 2.75) is 33.7 Å². The maximum Gasteiger partial charge on any atom is 0.160 e. The van der Waals surface area contributed by atoms with Crippen LogP contribution in [0.3, 0.4) is 0 Å². The molecule has 0 unspecified atom stereocenters. The Morgan fingerprint density at radius 2 is 1.87 bits per heavy atom. The summed E-state index contributed by atoms with van der Waals surface area (Å²) in [7, 11) is 0. The molecule has 0 saturated carbocycles. The fraction of sp³-hybridized carbons (Fsp3) is 0.208. The van der Waals surface area contributed by atoms with Crippen LogP contribution in [0.5, 0.6) is 0 Å². The Bertz CT molecular complexity index is 1370. The molecule has 0 spiro atoms. The molecule has 31 heavy (non-hydrogen) atoms. The maximum absolute atomic E-state index is 9.46. The zero-order valence-corrected chi connectivity index (χ0v) is 17.7. The molecule has 0 aliphatic rings. The molecule has 0 fully saturated rings. The summed E-state index contributed by atoms with van der Waals surface area (Å²) in [5, 5.41) is 13.1. The van der Waals surface area contributed by atoms with Crippen LogP contribution in [-0.2, 0) is 13.0 Å². The Morgan fingerprint density at radius 1 is 1.10 bits per heavy atom. The summed E-state index contributed by atoms with van der Waals surface area (Å²) in [6.07, 6.45) is 0.824. The molecular weight excluding hydrogens is 386 g/mol. The number of imidazole rings is 1. The molecule has 0 atom stereocenters. The molecule has 0 aliphatic carbocycles. The molecule has 0 saturated heterocycles. The highest BCUT2D eigenvalue weighted by Gasteiger charge is 2.14. The van der Waals surface area contributed by atoms with E-state index in [1.807, 2.05) is 31.2 Å². The number of hydrogen-bond donors (Lipinski definition) is 0. The Hall–Kier alpha value is -4.14. The number of aryl methyl sites for hydroxylation is 3. The van der Waals surface area contributed by atoms with Crippen molar-refractivity contribution in [2.75, 3.05) is 0 Å². The lowest BCUT2D eigenvalue weighted by Crippen LogP contribution is -2.05. The van der Waals surface area contributed by atoms with E-state index in [4.69, 9.17) is 15.5 Å². The Labute approximate surface area is 180 Å². The molecule has 152 valence electrons. The summed E-state index contributed by atoms with van der Waals surface area (Å²) in [6, 6.07) is 17.4. The maximum atomic E-state index is 9.46. The largest absolute Gasteiger partial charge is 0.308 e. The average molecular weight is 407 g/mol. The van der Waals surface area contributed by atoms with Gasteiger partial charge in [-0.2, -0.15) is 5.26 Å². The van der Waals surface area contributed by atoms with Crippen molar-refractivity contribution in [1.29, 1.82) is 5.26 Å². The quantitative estimate of drug-likeness (QED) is 0.225. The van der Waals surface area contributed by atoms with Gasteiger partial charge in [-0.05, 0) is 59.8 Å². The van der Waals surface area contributed by atoms with Crippen LogP contribution in [0.15, 0.2) is 53.6 Å². The number of hydrogen-bond acceptors (Lipinski definition) is 4. The third-order valence-electron chi connectivity index (χ3n) is 5.31. The fourth-order valence-corrected chi connectivity index (χ4v) is 3.84. The van der Waals surface area contributed by atoms with Crippen molar-refractivity contribution in [1.82, 2.24) is 14.5 Å². The van der Waals surface area contributed by atoms with Crippen LogP contribution in [0, 0.1) is 25.2 Å². The van der Waals surface area contributed by atoms with Gasteiger partial charge in [0.25, 0.3) is 0 Å². The van der Waals surface area contributed by atoms with Gasteiger partial charge in [0.05, 0.1) is 18.2 Å². The van der Waals surface area contributed by atoms with Gasteiger partial charge in [0.15, 0.2) is 5.65 Å². The molecule has 2 heterocycles. The first kappa shape index (κ1) is 20.1. The molecule has 0 bridgehead atoms. The van der Waals surface area contributed by atoms with Crippen molar-refractivity contribution in [3.63, 3.8) is 0 Å². The average Bonchev–Trinajstić information content (AvgIpc) is 3.12. The van der Waals surface area contributed by atoms with Gasteiger partial charge in [-0.3, -0.25) is 0 Å². The van der Waals surface area contributed by atoms with Crippen molar-refractivity contribution < 1.29 is 0 Å². The lowest BCUT2D eigenvalue weighted by molar-refractivity contribution is 0.745. The van der Waals surface area contributed by atoms with Gasteiger partial charge >= 0.3 is 0 Å². The molecule has 4 aromatic rings. The van der Waals surface area contributed by atoms with E-state index in [1.165, 1.54) is 0 Å². The van der Waals surface area contributed by atoms with E-state index in [2.05, 4.69) is 40.6 Å². The van der Waals surface area contributed by atoms with Gasteiger partial charge in [-0.25, -0.2) is 9.97 Å². The predicted octanol–water partition coefficient (Wildman–Crippen LogP) is 6.14. The minimum absolute atomic E-state index is 0.481. The van der Waals surface area contributed by atoms with Crippen LogP contribution in [0.2, 0.25) is 0 Å². The third kappa shape index (κ3) is 3.85. The van der Waals surface area contributed by atoms with E-state index in [9.17, 15) is 5.26 Å². The Morgan fingerprint density at radius 3 is 2.55 bits per heavy atom. The second kappa shape index (κ2) is 8.31. The van der Waals surface area contributed by atoms with Crippen molar-refractivity contribution in [3.05, 3.63) is 87.2 Å². The molecule has 7 nitrogen and oxygen atoms in total. The van der Waals surface area contributed by atoms with Crippen LogP contribution in [0.25, 0.3) is 32.7 Å².